The van der Waals surface area contributed by atoms with Crippen molar-refractivity contribution in [1.29, 1.82) is 0 Å². The van der Waals surface area contributed by atoms with Crippen LogP contribution in [0.2, 0.25) is 5.02 Å². The van der Waals surface area contributed by atoms with Crippen molar-refractivity contribution in [3.05, 3.63) is 28.8 Å². The number of halogens is 1. The number of anilines is 1. The van der Waals surface area contributed by atoms with Gasteiger partial charge in [-0.2, -0.15) is 0 Å². The predicted molar refractivity (Wildman–Crippen MR) is 91.8 cm³/mol. The van der Waals surface area contributed by atoms with Crippen molar-refractivity contribution in [3.63, 3.8) is 0 Å². The Morgan fingerprint density at radius 1 is 1.38 bits per heavy atom. The topological polar surface area (TPSA) is 55.0 Å². The molecule has 1 heterocycles. The summed E-state index contributed by atoms with van der Waals surface area (Å²) in [4.78, 5) is 3.10. The molecule has 2 aromatic rings. The maximum Gasteiger partial charge on any atom is 0.208 e. The minimum atomic E-state index is 0.148. The molecule has 0 aliphatic heterocycles. The third-order valence-electron chi connectivity index (χ3n) is 3.00. The number of hydrogen-bond donors (Lipinski definition) is 1. The van der Waals surface area contributed by atoms with Crippen molar-refractivity contribution in [1.82, 2.24) is 10.2 Å². The molecule has 0 saturated carbocycles. The average molecular weight is 343 g/mol. The van der Waals surface area contributed by atoms with Gasteiger partial charge < -0.3 is 10.6 Å². The number of nitrogens with zero attached hydrogens (tertiary/aromatic N) is 3. The van der Waals surface area contributed by atoms with E-state index < -0.39 is 0 Å². The van der Waals surface area contributed by atoms with Crippen LogP contribution in [0.1, 0.15) is 18.9 Å². The number of nitrogens with two attached hydrogens (primary N) is 1. The largest absolute Gasteiger partial charge is 0.353 e. The van der Waals surface area contributed by atoms with Gasteiger partial charge in [-0.05, 0) is 36.6 Å². The zero-order valence-corrected chi connectivity index (χ0v) is 14.7. The first-order chi connectivity index (χ1) is 9.99. The first-order valence-corrected chi connectivity index (χ1v) is 8.73. The van der Waals surface area contributed by atoms with Crippen LogP contribution >= 0.6 is 34.7 Å². The fraction of sp³-hybridized carbons (Fsp3) is 0.429. The van der Waals surface area contributed by atoms with Gasteiger partial charge in [0.05, 0.1) is 0 Å². The third kappa shape index (κ3) is 4.57. The van der Waals surface area contributed by atoms with Gasteiger partial charge in [-0.25, -0.2) is 0 Å². The first-order valence-electron chi connectivity index (χ1n) is 6.72. The highest BCUT2D eigenvalue weighted by molar-refractivity contribution is 8.01. The fourth-order valence-electron chi connectivity index (χ4n) is 1.75. The van der Waals surface area contributed by atoms with Crippen LogP contribution in [0.4, 0.5) is 5.13 Å². The van der Waals surface area contributed by atoms with Crippen molar-refractivity contribution >= 4 is 39.8 Å². The molecule has 4 nitrogen and oxygen atoms in total. The van der Waals surface area contributed by atoms with E-state index in [9.17, 15) is 0 Å². The molecular formula is C14H19ClN4S2. The monoisotopic (exact) mass is 342 g/mol. The second-order valence-electron chi connectivity index (χ2n) is 4.97. The van der Waals surface area contributed by atoms with Gasteiger partial charge in [0.25, 0.3) is 0 Å². The molecule has 0 radical (unpaired) electrons. The Bertz CT molecular complexity index is 600. The van der Waals surface area contributed by atoms with Crippen LogP contribution < -0.4 is 10.6 Å². The minimum Gasteiger partial charge on any atom is -0.353 e. The lowest BCUT2D eigenvalue weighted by Gasteiger charge is -2.12. The van der Waals surface area contributed by atoms with Crippen LogP contribution in [0.15, 0.2) is 27.4 Å². The smallest absolute Gasteiger partial charge is 0.208 e. The molecular weight excluding hydrogens is 324 g/mol. The first kappa shape index (κ1) is 16.5. The van der Waals surface area contributed by atoms with E-state index in [1.54, 1.807) is 23.1 Å². The predicted octanol–water partition coefficient (Wildman–Crippen LogP) is 3.69. The summed E-state index contributed by atoms with van der Waals surface area (Å²) in [6.07, 6.45) is 1.76. The standard InChI is InChI=1S/C14H19ClN4S2/c1-4-11(16)8-9-7-10(15)5-6-12(9)20-14-18-17-13(21-14)19(2)3/h5-7,11H,4,8,16H2,1-3H3. The van der Waals surface area contributed by atoms with E-state index in [0.717, 1.165) is 32.2 Å². The summed E-state index contributed by atoms with van der Waals surface area (Å²) in [5.74, 6) is 0. The minimum absolute atomic E-state index is 0.148. The molecule has 0 saturated heterocycles. The van der Waals surface area contributed by atoms with Gasteiger partial charge in [-0.3, -0.25) is 0 Å². The van der Waals surface area contributed by atoms with E-state index in [1.165, 1.54) is 5.56 Å². The quantitative estimate of drug-likeness (QED) is 0.867. The average Bonchev–Trinajstić information content (AvgIpc) is 2.90. The van der Waals surface area contributed by atoms with Gasteiger partial charge in [-0.15, -0.1) is 10.2 Å². The molecule has 21 heavy (non-hydrogen) atoms. The summed E-state index contributed by atoms with van der Waals surface area (Å²) in [5.41, 5.74) is 7.25. The van der Waals surface area contributed by atoms with Crippen molar-refractivity contribution in [2.24, 2.45) is 5.73 Å². The molecule has 0 amide bonds. The number of aromatic nitrogens is 2. The second kappa shape index (κ2) is 7.45. The van der Waals surface area contributed by atoms with E-state index in [4.69, 9.17) is 17.3 Å². The Morgan fingerprint density at radius 2 is 2.14 bits per heavy atom. The van der Waals surface area contributed by atoms with Gasteiger partial charge in [0, 0.05) is 30.1 Å². The highest BCUT2D eigenvalue weighted by Gasteiger charge is 2.12. The molecule has 7 heteroatoms. The zero-order chi connectivity index (χ0) is 15.4. The van der Waals surface area contributed by atoms with E-state index in [1.807, 2.05) is 37.2 Å². The Labute approximate surface area is 138 Å². The molecule has 0 bridgehead atoms. The van der Waals surface area contributed by atoms with E-state index in [2.05, 4.69) is 17.1 Å². The van der Waals surface area contributed by atoms with Gasteiger partial charge >= 0.3 is 0 Å². The van der Waals surface area contributed by atoms with Crippen LogP contribution in [0, 0.1) is 0 Å². The van der Waals surface area contributed by atoms with Crippen LogP contribution in [0.3, 0.4) is 0 Å². The van der Waals surface area contributed by atoms with Gasteiger partial charge in [0.15, 0.2) is 4.34 Å². The lowest BCUT2D eigenvalue weighted by molar-refractivity contribution is 0.641. The molecule has 0 spiro atoms. The van der Waals surface area contributed by atoms with Gasteiger partial charge in [0.2, 0.25) is 5.13 Å². The van der Waals surface area contributed by atoms with E-state index in [-0.39, 0.29) is 6.04 Å². The third-order valence-corrected chi connectivity index (χ3v) is 5.50. The van der Waals surface area contributed by atoms with Gasteiger partial charge in [0.1, 0.15) is 0 Å². The number of hydrogen-bond acceptors (Lipinski definition) is 6. The number of rotatable bonds is 6. The highest BCUT2D eigenvalue weighted by Crippen LogP contribution is 2.36. The molecule has 1 atom stereocenters. The normalized spacial score (nSPS) is 12.4. The van der Waals surface area contributed by atoms with Crippen molar-refractivity contribution < 1.29 is 0 Å². The summed E-state index contributed by atoms with van der Waals surface area (Å²) < 4.78 is 0.923. The maximum atomic E-state index is 6.11. The SMILES string of the molecule is CCC(N)Cc1cc(Cl)ccc1Sc1nnc(N(C)C)s1. The summed E-state index contributed by atoms with van der Waals surface area (Å²) in [6.45, 7) is 2.09. The molecule has 0 aliphatic carbocycles. The summed E-state index contributed by atoms with van der Waals surface area (Å²) >= 11 is 9.30. The lowest BCUT2D eigenvalue weighted by atomic mass is 10.0. The molecule has 1 unspecified atom stereocenters. The molecule has 114 valence electrons. The zero-order valence-electron chi connectivity index (χ0n) is 12.3. The summed E-state index contributed by atoms with van der Waals surface area (Å²) in [5, 5.41) is 10.0. The maximum absolute atomic E-state index is 6.11. The fourth-order valence-corrected chi connectivity index (χ4v) is 3.79. The summed E-state index contributed by atoms with van der Waals surface area (Å²) in [7, 11) is 3.92. The Kier molecular flexibility index (Phi) is 5.87. The van der Waals surface area contributed by atoms with Crippen LogP contribution in [-0.4, -0.2) is 30.3 Å². The molecule has 2 N–H and O–H groups in total. The molecule has 0 aliphatic rings. The van der Waals surface area contributed by atoms with E-state index >= 15 is 0 Å². The van der Waals surface area contributed by atoms with Crippen molar-refractivity contribution in [2.75, 3.05) is 19.0 Å². The molecule has 2 rings (SSSR count). The van der Waals surface area contributed by atoms with Crippen molar-refractivity contribution in [2.45, 2.75) is 35.0 Å². The summed E-state index contributed by atoms with van der Waals surface area (Å²) in [6, 6.07) is 6.07. The Morgan fingerprint density at radius 3 is 2.76 bits per heavy atom. The van der Waals surface area contributed by atoms with Crippen LogP contribution in [-0.2, 0) is 6.42 Å². The van der Waals surface area contributed by atoms with Crippen LogP contribution in [0.25, 0.3) is 0 Å². The molecule has 1 aromatic heterocycles. The Balaban J connectivity index is 2.21. The number of benzene rings is 1. The Hall–Kier alpha value is -0.820. The molecule has 0 fully saturated rings. The lowest BCUT2D eigenvalue weighted by Crippen LogP contribution is -2.21. The van der Waals surface area contributed by atoms with Crippen molar-refractivity contribution in [3.8, 4) is 0 Å². The highest BCUT2D eigenvalue weighted by atomic mass is 35.5. The van der Waals surface area contributed by atoms with E-state index in [0.29, 0.717) is 0 Å². The second-order valence-corrected chi connectivity index (χ2v) is 7.65. The van der Waals surface area contributed by atoms with Gasteiger partial charge in [-0.1, -0.05) is 41.6 Å². The molecule has 1 aromatic carbocycles. The van der Waals surface area contributed by atoms with Crippen LogP contribution in [0.5, 0.6) is 0 Å².